The molecule has 28 heavy (non-hydrogen) atoms. The Bertz CT molecular complexity index is 769. The summed E-state index contributed by atoms with van der Waals surface area (Å²) in [6, 6.07) is 0. The molecule has 0 saturated heterocycles. The summed E-state index contributed by atoms with van der Waals surface area (Å²) in [6.07, 6.45) is 5.00. The van der Waals surface area contributed by atoms with E-state index in [1.54, 1.807) is 13.8 Å². The molecule has 6 nitrogen and oxygen atoms in total. The van der Waals surface area contributed by atoms with Crippen molar-refractivity contribution < 1.29 is 24.2 Å². The summed E-state index contributed by atoms with van der Waals surface area (Å²) in [5.74, 6) is -2.78. The maximum absolute atomic E-state index is 12.9. The molecule has 0 bridgehead atoms. The number of carbonyl (C=O) groups is 3. The van der Waals surface area contributed by atoms with E-state index >= 15 is 0 Å². The van der Waals surface area contributed by atoms with Crippen LogP contribution < -0.4 is 10.4 Å². The minimum absolute atomic E-state index is 0.255. The highest BCUT2D eigenvalue weighted by molar-refractivity contribution is 7.17. The number of carboxylic acid groups (broad SMARTS) is 1. The summed E-state index contributed by atoms with van der Waals surface area (Å²) in [7, 11) is 0. The minimum Gasteiger partial charge on any atom is -0.550 e. The molecule has 154 valence electrons. The van der Waals surface area contributed by atoms with Crippen LogP contribution in [0.3, 0.4) is 0 Å². The van der Waals surface area contributed by atoms with Crippen LogP contribution in [0.1, 0.15) is 73.7 Å². The fourth-order valence-corrected chi connectivity index (χ4v) is 5.66. The predicted molar refractivity (Wildman–Crippen MR) is 105 cm³/mol. The first-order valence-corrected chi connectivity index (χ1v) is 11.0. The Morgan fingerprint density at radius 2 is 1.82 bits per heavy atom. The highest BCUT2D eigenvalue weighted by Crippen LogP contribution is 2.41. The number of thiophene rings is 1. The second kappa shape index (κ2) is 8.64. The maximum atomic E-state index is 12.9. The van der Waals surface area contributed by atoms with Gasteiger partial charge in [0.1, 0.15) is 5.00 Å². The molecule has 3 rings (SSSR count). The largest absolute Gasteiger partial charge is 0.550 e. The van der Waals surface area contributed by atoms with Crippen molar-refractivity contribution in [3.8, 4) is 0 Å². The number of anilines is 1. The summed E-state index contributed by atoms with van der Waals surface area (Å²) in [6.45, 7) is 5.77. The third-order valence-electron chi connectivity index (χ3n) is 5.70. The number of nitrogens with one attached hydrogen (secondary N) is 1. The molecule has 0 aromatic carbocycles. The zero-order chi connectivity index (χ0) is 20.4. The molecule has 2 aliphatic carbocycles. The number of carboxylic acids is 1. The molecule has 1 aromatic rings. The van der Waals surface area contributed by atoms with Crippen molar-refractivity contribution in [2.45, 2.75) is 71.8 Å². The van der Waals surface area contributed by atoms with Crippen molar-refractivity contribution in [3.05, 3.63) is 16.0 Å². The predicted octanol–water partition coefficient (Wildman–Crippen LogP) is 2.93. The van der Waals surface area contributed by atoms with Crippen molar-refractivity contribution in [2.75, 3.05) is 5.32 Å². The van der Waals surface area contributed by atoms with Gasteiger partial charge in [-0.25, -0.2) is 4.79 Å². The third-order valence-corrected chi connectivity index (χ3v) is 6.87. The Balaban J connectivity index is 1.89. The smallest absolute Gasteiger partial charge is 0.341 e. The fourth-order valence-electron chi connectivity index (χ4n) is 4.26. The van der Waals surface area contributed by atoms with E-state index in [-0.39, 0.29) is 12.0 Å². The fraction of sp³-hybridized carbons (Fsp3) is 0.667. The van der Waals surface area contributed by atoms with Gasteiger partial charge in [-0.05, 0) is 57.4 Å². The molecule has 1 fully saturated rings. The lowest BCUT2D eigenvalue weighted by atomic mass is 9.78. The molecule has 0 aliphatic heterocycles. The highest BCUT2D eigenvalue weighted by atomic mass is 32.1. The first kappa shape index (κ1) is 20.8. The van der Waals surface area contributed by atoms with Crippen LogP contribution >= 0.6 is 11.3 Å². The van der Waals surface area contributed by atoms with Gasteiger partial charge in [-0.2, -0.15) is 0 Å². The summed E-state index contributed by atoms with van der Waals surface area (Å²) < 4.78 is 5.43. The van der Waals surface area contributed by atoms with E-state index in [1.807, 2.05) is 0 Å². The quantitative estimate of drug-likeness (QED) is 0.759. The van der Waals surface area contributed by atoms with Crippen molar-refractivity contribution in [2.24, 2.45) is 17.8 Å². The molecule has 0 unspecified atom stereocenters. The number of carbonyl (C=O) groups excluding carboxylic acids is 3. The molecular weight excluding hydrogens is 378 g/mol. The lowest BCUT2D eigenvalue weighted by Gasteiger charge is -2.31. The highest BCUT2D eigenvalue weighted by Gasteiger charge is 2.34. The van der Waals surface area contributed by atoms with Gasteiger partial charge < -0.3 is 20.0 Å². The number of aliphatic carboxylic acids is 1. The van der Waals surface area contributed by atoms with Crippen molar-refractivity contribution in [3.63, 3.8) is 0 Å². The van der Waals surface area contributed by atoms with Crippen molar-refractivity contribution in [1.29, 1.82) is 0 Å². The Morgan fingerprint density at radius 3 is 2.46 bits per heavy atom. The third kappa shape index (κ3) is 4.40. The number of rotatable bonds is 5. The van der Waals surface area contributed by atoms with Crippen LogP contribution in [0.25, 0.3) is 0 Å². The molecule has 0 spiro atoms. The van der Waals surface area contributed by atoms with Crippen molar-refractivity contribution >= 4 is 34.2 Å². The van der Waals surface area contributed by atoms with Gasteiger partial charge in [-0.3, -0.25) is 4.79 Å². The molecular formula is C21H28NO5S-. The molecule has 3 atom stereocenters. The van der Waals surface area contributed by atoms with Gasteiger partial charge in [0.15, 0.2) is 0 Å². The minimum atomic E-state index is -1.17. The van der Waals surface area contributed by atoms with Gasteiger partial charge in [0.25, 0.3) is 0 Å². The molecule has 7 heteroatoms. The van der Waals surface area contributed by atoms with Crippen LogP contribution in [0.5, 0.6) is 0 Å². The van der Waals surface area contributed by atoms with E-state index in [0.29, 0.717) is 29.3 Å². The van der Waals surface area contributed by atoms with Gasteiger partial charge in [-0.15, -0.1) is 11.3 Å². The lowest BCUT2D eigenvalue weighted by molar-refractivity contribution is -0.313. The second-order valence-corrected chi connectivity index (χ2v) is 9.42. The molecule has 1 amide bonds. The molecule has 1 N–H and O–H groups in total. The van der Waals surface area contributed by atoms with Crippen LogP contribution in [-0.4, -0.2) is 23.9 Å². The number of hydrogen-bond donors (Lipinski definition) is 1. The zero-order valence-corrected chi connectivity index (χ0v) is 17.5. The summed E-state index contributed by atoms with van der Waals surface area (Å²) in [5, 5.41) is 14.8. The number of esters is 1. The monoisotopic (exact) mass is 406 g/mol. The van der Waals surface area contributed by atoms with Crippen LogP contribution in [0, 0.1) is 17.8 Å². The van der Waals surface area contributed by atoms with E-state index in [0.717, 1.165) is 42.5 Å². The van der Waals surface area contributed by atoms with E-state index in [9.17, 15) is 19.5 Å². The van der Waals surface area contributed by atoms with Gasteiger partial charge in [0.05, 0.1) is 11.7 Å². The van der Waals surface area contributed by atoms with Gasteiger partial charge in [0, 0.05) is 22.7 Å². The number of fused-ring (bicyclic) bond motifs is 1. The van der Waals surface area contributed by atoms with E-state index < -0.39 is 23.8 Å². The van der Waals surface area contributed by atoms with E-state index in [4.69, 9.17) is 4.74 Å². The topological polar surface area (TPSA) is 95.5 Å². The first-order valence-electron chi connectivity index (χ1n) is 10.1. The Labute approximate surface area is 169 Å². The van der Waals surface area contributed by atoms with Gasteiger partial charge in [-0.1, -0.05) is 19.8 Å². The first-order chi connectivity index (χ1) is 13.3. The van der Waals surface area contributed by atoms with Gasteiger partial charge in [0.2, 0.25) is 5.91 Å². The second-order valence-electron chi connectivity index (χ2n) is 8.32. The average Bonchev–Trinajstić information content (AvgIpc) is 2.97. The summed E-state index contributed by atoms with van der Waals surface area (Å²) in [4.78, 5) is 38.2. The molecule has 2 aliphatic rings. The number of amides is 1. The number of hydrogen-bond acceptors (Lipinski definition) is 6. The van der Waals surface area contributed by atoms with Gasteiger partial charge >= 0.3 is 5.97 Å². The molecule has 0 radical (unpaired) electrons. The Morgan fingerprint density at radius 1 is 1.14 bits per heavy atom. The molecule has 1 aromatic heterocycles. The Hall–Kier alpha value is -1.89. The average molecular weight is 407 g/mol. The van der Waals surface area contributed by atoms with Crippen LogP contribution in [0.4, 0.5) is 5.00 Å². The number of ether oxygens (including phenoxy) is 1. The zero-order valence-electron chi connectivity index (χ0n) is 16.7. The molecule has 1 heterocycles. The molecule has 1 saturated carbocycles. The van der Waals surface area contributed by atoms with E-state index in [1.165, 1.54) is 11.3 Å². The van der Waals surface area contributed by atoms with Crippen LogP contribution in [0.2, 0.25) is 0 Å². The summed E-state index contributed by atoms with van der Waals surface area (Å²) in [5.41, 5.74) is 1.43. The summed E-state index contributed by atoms with van der Waals surface area (Å²) >= 11 is 1.43. The van der Waals surface area contributed by atoms with Crippen LogP contribution in [0.15, 0.2) is 0 Å². The lowest BCUT2D eigenvalue weighted by Crippen LogP contribution is -2.42. The normalized spacial score (nSPS) is 24.5. The standard InChI is InChI=1S/C21H29NO5S/c1-11(2)27-21(26)17-15-9-8-12(3)10-16(15)28-19(17)22-18(23)13-6-4-5-7-14(13)20(24)25/h11-14H,4-10H2,1-3H3,(H,22,23)(H,24,25)/p-1/t12-,13-,14+/m1/s1. The Kier molecular flexibility index (Phi) is 6.43. The van der Waals surface area contributed by atoms with Crippen molar-refractivity contribution in [1.82, 2.24) is 0 Å². The maximum Gasteiger partial charge on any atom is 0.341 e. The SMILES string of the molecule is CC(C)OC(=O)c1c(NC(=O)[C@@H]2CCCC[C@@H]2C(=O)[O-])sc2c1CC[C@@H](C)C2. The van der Waals surface area contributed by atoms with Crippen LogP contribution in [-0.2, 0) is 27.2 Å². The van der Waals surface area contributed by atoms with E-state index in [2.05, 4.69) is 12.2 Å².